The van der Waals surface area contributed by atoms with Crippen LogP contribution in [0.1, 0.15) is 40.4 Å². The second-order valence-electron chi connectivity index (χ2n) is 7.76. The number of nitrogens with one attached hydrogen (secondary N) is 1. The second kappa shape index (κ2) is 10.2. The van der Waals surface area contributed by atoms with Gasteiger partial charge in [0.15, 0.2) is 5.82 Å². The predicted octanol–water partition coefficient (Wildman–Crippen LogP) is 6.09. The topological polar surface area (TPSA) is 68.8 Å². The van der Waals surface area contributed by atoms with Gasteiger partial charge in [0, 0.05) is 10.0 Å². The van der Waals surface area contributed by atoms with Gasteiger partial charge in [0.25, 0.3) is 0 Å². The van der Waals surface area contributed by atoms with Gasteiger partial charge < -0.3 is 4.42 Å². The number of furan rings is 1. The molecule has 0 aliphatic rings. The highest BCUT2D eigenvalue weighted by molar-refractivity contribution is 6.35. The van der Waals surface area contributed by atoms with Crippen molar-refractivity contribution in [2.75, 3.05) is 0 Å². The Labute approximate surface area is 207 Å². The normalized spacial score (nSPS) is 12.2. The van der Waals surface area contributed by atoms with Gasteiger partial charge in [-0.25, -0.2) is 4.68 Å². The Morgan fingerprint density at radius 2 is 1.56 bits per heavy atom. The molecule has 3 aromatic carbocycles. The molecular weight excluding hydrogens is 469 g/mol. The molecule has 1 unspecified atom stereocenters. The molecule has 0 radical (unpaired) electrons. The van der Waals surface area contributed by atoms with Crippen LogP contribution in [0.4, 0.5) is 0 Å². The standard InChI is InChI=1S/C26H21Cl2N5O/c27-20-13-14-22(23(28)16-20)24(29-17-21-12-7-15-34-21)26-30-31-32-33(26)25(18-8-3-1-4-9-18)19-10-5-2-6-11-19/h1-16,24-25,29H,17H2. The van der Waals surface area contributed by atoms with Crippen LogP contribution >= 0.6 is 23.2 Å². The summed E-state index contributed by atoms with van der Waals surface area (Å²) in [6.45, 7) is 0.463. The summed E-state index contributed by atoms with van der Waals surface area (Å²) in [5, 5.41) is 17.5. The third-order valence-electron chi connectivity index (χ3n) is 5.59. The number of halogens is 2. The summed E-state index contributed by atoms with van der Waals surface area (Å²) in [6.07, 6.45) is 1.65. The lowest BCUT2D eigenvalue weighted by Crippen LogP contribution is -2.28. The molecule has 0 saturated heterocycles. The minimum absolute atomic E-state index is 0.230. The van der Waals surface area contributed by atoms with Crippen LogP contribution in [0.25, 0.3) is 0 Å². The smallest absolute Gasteiger partial charge is 0.173 e. The van der Waals surface area contributed by atoms with Gasteiger partial charge in [-0.3, -0.25) is 5.32 Å². The maximum atomic E-state index is 6.64. The highest BCUT2D eigenvalue weighted by atomic mass is 35.5. The molecule has 0 spiro atoms. The molecule has 1 atom stereocenters. The van der Waals surface area contributed by atoms with Gasteiger partial charge in [-0.1, -0.05) is 89.9 Å². The van der Waals surface area contributed by atoms with E-state index in [0.29, 0.717) is 22.4 Å². The van der Waals surface area contributed by atoms with Gasteiger partial charge in [-0.2, -0.15) is 0 Å². The molecule has 2 heterocycles. The largest absolute Gasteiger partial charge is 0.468 e. The third-order valence-corrected chi connectivity index (χ3v) is 6.15. The van der Waals surface area contributed by atoms with E-state index in [2.05, 4.69) is 45.1 Å². The van der Waals surface area contributed by atoms with E-state index in [1.54, 1.807) is 12.3 Å². The Morgan fingerprint density at radius 1 is 0.853 bits per heavy atom. The minimum Gasteiger partial charge on any atom is -0.468 e. The number of aromatic nitrogens is 4. The summed E-state index contributed by atoms with van der Waals surface area (Å²) in [5.41, 5.74) is 2.94. The lowest BCUT2D eigenvalue weighted by molar-refractivity contribution is 0.446. The van der Waals surface area contributed by atoms with Crippen molar-refractivity contribution >= 4 is 23.2 Å². The van der Waals surface area contributed by atoms with Crippen LogP contribution in [0.5, 0.6) is 0 Å². The van der Waals surface area contributed by atoms with Crippen LogP contribution in [0.3, 0.4) is 0 Å². The molecule has 0 amide bonds. The first-order valence-electron chi connectivity index (χ1n) is 10.8. The van der Waals surface area contributed by atoms with Crippen LogP contribution in [0, 0.1) is 0 Å². The molecule has 2 aromatic heterocycles. The van der Waals surface area contributed by atoms with E-state index in [-0.39, 0.29) is 6.04 Å². The van der Waals surface area contributed by atoms with Gasteiger partial charge in [0.1, 0.15) is 11.8 Å². The van der Waals surface area contributed by atoms with Crippen molar-refractivity contribution in [1.29, 1.82) is 0 Å². The summed E-state index contributed by atoms with van der Waals surface area (Å²) in [6, 6.07) is 28.9. The predicted molar refractivity (Wildman–Crippen MR) is 132 cm³/mol. The molecule has 34 heavy (non-hydrogen) atoms. The Bertz CT molecular complexity index is 1300. The molecule has 0 bridgehead atoms. The van der Waals surface area contributed by atoms with Crippen molar-refractivity contribution in [1.82, 2.24) is 25.5 Å². The summed E-state index contributed by atoms with van der Waals surface area (Å²) < 4.78 is 7.37. The van der Waals surface area contributed by atoms with Gasteiger partial charge in [-0.15, -0.1) is 5.10 Å². The lowest BCUT2D eigenvalue weighted by atomic mass is 9.98. The Kier molecular flexibility index (Phi) is 6.72. The number of rotatable bonds is 8. The van der Waals surface area contributed by atoms with Crippen LogP contribution < -0.4 is 5.32 Å². The zero-order chi connectivity index (χ0) is 23.3. The van der Waals surface area contributed by atoms with Gasteiger partial charge in [0.2, 0.25) is 0 Å². The van der Waals surface area contributed by atoms with E-state index in [1.165, 1.54) is 0 Å². The summed E-state index contributed by atoms with van der Waals surface area (Å²) in [4.78, 5) is 0. The molecule has 0 aliphatic carbocycles. The Morgan fingerprint density at radius 3 is 2.18 bits per heavy atom. The zero-order valence-corrected chi connectivity index (χ0v) is 19.6. The van der Waals surface area contributed by atoms with E-state index >= 15 is 0 Å². The van der Waals surface area contributed by atoms with Gasteiger partial charge >= 0.3 is 0 Å². The SMILES string of the molecule is Clc1ccc(C(NCc2ccco2)c2nnnn2C(c2ccccc2)c2ccccc2)c(Cl)c1. The molecule has 5 aromatic rings. The first-order chi connectivity index (χ1) is 16.7. The second-order valence-corrected chi connectivity index (χ2v) is 8.61. The molecule has 0 aliphatic heterocycles. The molecular formula is C26H21Cl2N5O. The summed E-state index contributed by atoms with van der Waals surface area (Å²) in [5.74, 6) is 1.41. The first-order valence-corrected chi connectivity index (χ1v) is 11.5. The third kappa shape index (κ3) is 4.75. The van der Waals surface area contributed by atoms with E-state index in [9.17, 15) is 0 Å². The molecule has 5 rings (SSSR count). The number of benzene rings is 3. The summed E-state index contributed by atoms with van der Waals surface area (Å²) in [7, 11) is 0. The van der Waals surface area contributed by atoms with Crippen molar-refractivity contribution in [2.24, 2.45) is 0 Å². The zero-order valence-electron chi connectivity index (χ0n) is 18.1. The first kappa shape index (κ1) is 22.3. The fraction of sp³-hybridized carbons (Fsp3) is 0.115. The maximum Gasteiger partial charge on any atom is 0.173 e. The molecule has 1 N–H and O–H groups in total. The molecule has 0 fully saturated rings. The van der Waals surface area contributed by atoms with Crippen LogP contribution in [0.15, 0.2) is 102 Å². The van der Waals surface area contributed by atoms with E-state index in [0.717, 1.165) is 22.5 Å². The van der Waals surface area contributed by atoms with Crippen molar-refractivity contribution < 1.29 is 4.42 Å². The molecule has 170 valence electrons. The monoisotopic (exact) mass is 489 g/mol. The molecule has 6 nitrogen and oxygen atoms in total. The molecule has 0 saturated carbocycles. The fourth-order valence-electron chi connectivity index (χ4n) is 4.01. The van der Waals surface area contributed by atoms with E-state index in [4.69, 9.17) is 27.6 Å². The highest BCUT2D eigenvalue weighted by Gasteiger charge is 2.28. The van der Waals surface area contributed by atoms with Crippen molar-refractivity contribution in [3.63, 3.8) is 0 Å². The minimum atomic E-state index is -0.417. The Hall–Kier alpha value is -3.45. The van der Waals surface area contributed by atoms with Crippen molar-refractivity contribution in [2.45, 2.75) is 18.6 Å². The molecule has 8 heteroatoms. The van der Waals surface area contributed by atoms with Gasteiger partial charge in [0.05, 0.1) is 18.8 Å². The Balaban J connectivity index is 1.62. The number of hydrogen-bond acceptors (Lipinski definition) is 5. The number of nitrogens with zero attached hydrogens (tertiary/aromatic N) is 4. The average Bonchev–Trinajstić information content (AvgIpc) is 3.55. The van der Waals surface area contributed by atoms with Crippen LogP contribution in [-0.2, 0) is 6.54 Å². The lowest BCUT2D eigenvalue weighted by Gasteiger charge is -2.24. The van der Waals surface area contributed by atoms with Gasteiger partial charge in [-0.05, 0) is 51.4 Å². The number of tetrazole rings is 1. The van der Waals surface area contributed by atoms with Crippen LogP contribution in [0.2, 0.25) is 10.0 Å². The maximum absolute atomic E-state index is 6.64. The number of hydrogen-bond donors (Lipinski definition) is 1. The van der Waals surface area contributed by atoms with Crippen molar-refractivity contribution in [3.8, 4) is 0 Å². The quantitative estimate of drug-likeness (QED) is 0.285. The average molecular weight is 490 g/mol. The fourth-order valence-corrected chi connectivity index (χ4v) is 4.53. The highest BCUT2D eigenvalue weighted by Crippen LogP contribution is 2.33. The van der Waals surface area contributed by atoms with Crippen molar-refractivity contribution in [3.05, 3.63) is 136 Å². The van der Waals surface area contributed by atoms with E-state index < -0.39 is 6.04 Å². The summed E-state index contributed by atoms with van der Waals surface area (Å²) >= 11 is 12.8. The van der Waals surface area contributed by atoms with E-state index in [1.807, 2.05) is 65.3 Å². The van der Waals surface area contributed by atoms with Crippen LogP contribution in [-0.4, -0.2) is 20.2 Å².